The average molecular weight is 201 g/mol. The zero-order valence-corrected chi connectivity index (χ0v) is 8.61. The molecule has 1 saturated heterocycles. The maximum atomic E-state index is 11.4. The molecule has 0 aromatic carbocycles. The Morgan fingerprint density at radius 1 is 1.57 bits per heavy atom. The largest absolute Gasteiger partial charge is 0.460 e. The van der Waals surface area contributed by atoms with E-state index in [0.29, 0.717) is 5.06 Å². The van der Waals surface area contributed by atoms with Crippen LogP contribution in [-0.4, -0.2) is 34.3 Å². The molecule has 80 valence electrons. The number of hydroxylamine groups is 2. The average Bonchev–Trinajstić information content (AvgIpc) is 2.28. The number of esters is 1. The first-order valence-electron chi connectivity index (χ1n) is 4.52. The number of carbonyl (C=O) groups excluding carboxylic acids is 2. The van der Waals surface area contributed by atoms with E-state index in [1.807, 2.05) is 0 Å². The number of hydrogen-bond acceptors (Lipinski definition) is 4. The molecule has 1 aliphatic heterocycles. The Morgan fingerprint density at radius 3 is 2.50 bits per heavy atom. The Morgan fingerprint density at radius 2 is 2.14 bits per heavy atom. The van der Waals surface area contributed by atoms with Crippen molar-refractivity contribution >= 4 is 11.9 Å². The van der Waals surface area contributed by atoms with Crippen molar-refractivity contribution < 1.29 is 19.5 Å². The van der Waals surface area contributed by atoms with Crippen LogP contribution in [0.25, 0.3) is 0 Å². The van der Waals surface area contributed by atoms with E-state index in [1.165, 1.54) is 0 Å². The van der Waals surface area contributed by atoms with Crippen LogP contribution in [0, 0.1) is 5.92 Å². The lowest BCUT2D eigenvalue weighted by atomic mass is 10.1. The highest BCUT2D eigenvalue weighted by molar-refractivity contribution is 5.86. The summed E-state index contributed by atoms with van der Waals surface area (Å²) in [6.07, 6.45) is 0.0331. The Labute approximate surface area is 82.6 Å². The van der Waals surface area contributed by atoms with E-state index in [9.17, 15) is 9.59 Å². The Hall–Kier alpha value is -1.10. The normalized spacial score (nSPS) is 22.7. The van der Waals surface area contributed by atoms with Crippen LogP contribution < -0.4 is 0 Å². The topological polar surface area (TPSA) is 66.8 Å². The van der Waals surface area contributed by atoms with Crippen LogP contribution in [0.1, 0.15) is 27.2 Å². The van der Waals surface area contributed by atoms with Gasteiger partial charge in [-0.2, -0.15) is 0 Å². The number of amides is 1. The van der Waals surface area contributed by atoms with Crippen LogP contribution in [0.15, 0.2) is 0 Å². The molecule has 5 nitrogen and oxygen atoms in total. The molecule has 1 N–H and O–H groups in total. The Bertz CT molecular complexity index is 256. The summed E-state index contributed by atoms with van der Waals surface area (Å²) in [6, 6.07) is 0. The molecule has 1 heterocycles. The highest BCUT2D eigenvalue weighted by atomic mass is 16.6. The molecular formula is C9H15NO4. The number of rotatable bonds is 1. The SMILES string of the molecule is CC(C)(C)OC(=O)C1CC(=O)N(O)C1. The first-order chi connectivity index (χ1) is 6.29. The first-order valence-corrected chi connectivity index (χ1v) is 4.52. The molecule has 0 bridgehead atoms. The summed E-state index contributed by atoms with van der Waals surface area (Å²) < 4.78 is 5.09. The van der Waals surface area contributed by atoms with Gasteiger partial charge in [0.25, 0.3) is 0 Å². The minimum Gasteiger partial charge on any atom is -0.460 e. The lowest BCUT2D eigenvalue weighted by molar-refractivity contribution is -0.162. The van der Waals surface area contributed by atoms with Crippen molar-refractivity contribution in [2.45, 2.75) is 32.8 Å². The van der Waals surface area contributed by atoms with Gasteiger partial charge in [0.15, 0.2) is 0 Å². The molecule has 14 heavy (non-hydrogen) atoms. The van der Waals surface area contributed by atoms with Crippen molar-refractivity contribution in [2.24, 2.45) is 5.92 Å². The van der Waals surface area contributed by atoms with E-state index in [0.717, 1.165) is 0 Å². The molecule has 0 aromatic rings. The molecule has 1 amide bonds. The van der Waals surface area contributed by atoms with Crippen molar-refractivity contribution in [1.82, 2.24) is 5.06 Å². The predicted octanol–water partition coefficient (Wildman–Crippen LogP) is 0.566. The maximum absolute atomic E-state index is 11.4. The second kappa shape index (κ2) is 3.57. The van der Waals surface area contributed by atoms with Crippen LogP contribution in [0.5, 0.6) is 0 Å². The van der Waals surface area contributed by atoms with Gasteiger partial charge in [0.2, 0.25) is 5.91 Å². The van der Waals surface area contributed by atoms with Crippen molar-refractivity contribution in [3.05, 3.63) is 0 Å². The summed E-state index contributed by atoms with van der Waals surface area (Å²) in [5.41, 5.74) is -0.553. The number of hydrogen-bond donors (Lipinski definition) is 1. The quantitative estimate of drug-likeness (QED) is 0.497. The maximum Gasteiger partial charge on any atom is 0.311 e. The molecule has 1 fully saturated rings. The fourth-order valence-electron chi connectivity index (χ4n) is 1.23. The summed E-state index contributed by atoms with van der Waals surface area (Å²) in [5, 5.41) is 9.56. The first kappa shape index (κ1) is 11.0. The third-order valence-corrected chi connectivity index (χ3v) is 1.84. The van der Waals surface area contributed by atoms with Gasteiger partial charge >= 0.3 is 5.97 Å². The third kappa shape index (κ3) is 2.70. The Balaban J connectivity index is 2.52. The minimum atomic E-state index is -0.553. The van der Waals surface area contributed by atoms with Gasteiger partial charge in [-0.15, -0.1) is 0 Å². The lowest BCUT2D eigenvalue weighted by Crippen LogP contribution is -2.30. The van der Waals surface area contributed by atoms with Gasteiger partial charge in [-0.3, -0.25) is 14.8 Å². The van der Waals surface area contributed by atoms with Crippen LogP contribution in [0.3, 0.4) is 0 Å². The molecule has 1 aliphatic rings. The van der Waals surface area contributed by atoms with Crippen LogP contribution in [0.2, 0.25) is 0 Å². The van der Waals surface area contributed by atoms with Crippen LogP contribution >= 0.6 is 0 Å². The highest BCUT2D eigenvalue weighted by Crippen LogP contribution is 2.20. The minimum absolute atomic E-state index is 0.0331. The molecular weight excluding hydrogens is 186 g/mol. The number of nitrogens with zero attached hydrogens (tertiary/aromatic N) is 1. The molecule has 1 unspecified atom stereocenters. The third-order valence-electron chi connectivity index (χ3n) is 1.84. The monoisotopic (exact) mass is 201 g/mol. The smallest absolute Gasteiger partial charge is 0.311 e. The van der Waals surface area contributed by atoms with Gasteiger partial charge in [-0.05, 0) is 20.8 Å². The standard InChI is InChI=1S/C9H15NO4/c1-9(2,3)14-8(12)6-4-7(11)10(13)5-6/h6,13H,4-5H2,1-3H3. The van der Waals surface area contributed by atoms with E-state index in [2.05, 4.69) is 0 Å². The summed E-state index contributed by atoms with van der Waals surface area (Å²) in [7, 11) is 0. The van der Waals surface area contributed by atoms with Crippen LogP contribution in [-0.2, 0) is 14.3 Å². The number of ether oxygens (including phenoxy) is 1. The van der Waals surface area contributed by atoms with E-state index in [1.54, 1.807) is 20.8 Å². The zero-order valence-electron chi connectivity index (χ0n) is 8.61. The van der Waals surface area contributed by atoms with Gasteiger partial charge in [0.05, 0.1) is 12.5 Å². The van der Waals surface area contributed by atoms with Crippen LogP contribution in [0.4, 0.5) is 0 Å². The lowest BCUT2D eigenvalue weighted by Gasteiger charge is -2.21. The summed E-state index contributed by atoms with van der Waals surface area (Å²) in [4.78, 5) is 22.4. The molecule has 0 aromatic heterocycles. The van der Waals surface area contributed by atoms with Gasteiger partial charge in [-0.25, -0.2) is 5.06 Å². The summed E-state index contributed by atoms with van der Waals surface area (Å²) in [6.45, 7) is 5.32. The molecule has 0 aliphatic carbocycles. The summed E-state index contributed by atoms with van der Waals surface area (Å²) >= 11 is 0. The van der Waals surface area contributed by atoms with E-state index >= 15 is 0 Å². The zero-order chi connectivity index (χ0) is 10.9. The predicted molar refractivity (Wildman–Crippen MR) is 47.5 cm³/mol. The molecule has 0 radical (unpaired) electrons. The van der Waals surface area contributed by atoms with Gasteiger partial charge in [-0.1, -0.05) is 0 Å². The van der Waals surface area contributed by atoms with E-state index < -0.39 is 23.4 Å². The Kier molecular flexibility index (Phi) is 2.80. The van der Waals surface area contributed by atoms with Crippen molar-refractivity contribution in [2.75, 3.05) is 6.54 Å². The van der Waals surface area contributed by atoms with Crippen molar-refractivity contribution in [1.29, 1.82) is 0 Å². The fourth-order valence-corrected chi connectivity index (χ4v) is 1.23. The highest BCUT2D eigenvalue weighted by Gasteiger charge is 2.36. The van der Waals surface area contributed by atoms with Gasteiger partial charge < -0.3 is 4.74 Å². The molecule has 0 saturated carbocycles. The van der Waals surface area contributed by atoms with E-state index in [-0.39, 0.29) is 13.0 Å². The second-order valence-corrected chi connectivity index (χ2v) is 4.41. The van der Waals surface area contributed by atoms with Crippen molar-refractivity contribution in [3.63, 3.8) is 0 Å². The summed E-state index contributed by atoms with van der Waals surface area (Å²) in [5.74, 6) is -1.39. The fraction of sp³-hybridized carbons (Fsp3) is 0.778. The molecule has 1 rings (SSSR count). The van der Waals surface area contributed by atoms with E-state index in [4.69, 9.17) is 9.94 Å². The van der Waals surface area contributed by atoms with Gasteiger partial charge in [0.1, 0.15) is 5.60 Å². The molecule has 5 heteroatoms. The second-order valence-electron chi connectivity index (χ2n) is 4.41. The van der Waals surface area contributed by atoms with Crippen molar-refractivity contribution in [3.8, 4) is 0 Å². The van der Waals surface area contributed by atoms with Gasteiger partial charge in [0, 0.05) is 6.42 Å². The number of carbonyl (C=O) groups is 2. The molecule has 1 atom stereocenters. The molecule has 0 spiro atoms.